The van der Waals surface area contributed by atoms with Gasteiger partial charge in [0.15, 0.2) is 0 Å². The van der Waals surface area contributed by atoms with Gasteiger partial charge in [-0.1, -0.05) is 0 Å². The van der Waals surface area contributed by atoms with Gasteiger partial charge in [0, 0.05) is 12.7 Å². The van der Waals surface area contributed by atoms with Gasteiger partial charge in [-0.25, -0.2) is 4.98 Å². The van der Waals surface area contributed by atoms with E-state index in [0.717, 1.165) is 6.54 Å². The van der Waals surface area contributed by atoms with Crippen LogP contribution in [0.5, 0.6) is 0 Å². The molecule has 1 aromatic heterocycles. The Kier molecular flexibility index (Phi) is 3.66. The summed E-state index contributed by atoms with van der Waals surface area (Å²) in [6, 6.07) is 0. The van der Waals surface area contributed by atoms with Gasteiger partial charge in [0.05, 0.1) is 30.8 Å². The molecule has 80 valence electrons. The van der Waals surface area contributed by atoms with Crippen molar-refractivity contribution in [1.82, 2.24) is 9.55 Å². The van der Waals surface area contributed by atoms with Gasteiger partial charge >= 0.3 is 0 Å². The Bertz CT molecular complexity index is 276. The molecule has 0 amide bonds. The first-order valence-corrected chi connectivity index (χ1v) is 4.77. The normalized spacial score (nSPS) is 12.0. The van der Waals surface area contributed by atoms with Gasteiger partial charge in [0.2, 0.25) is 0 Å². The van der Waals surface area contributed by atoms with E-state index in [9.17, 15) is 0 Å². The molecule has 0 spiro atoms. The molecule has 0 saturated heterocycles. The van der Waals surface area contributed by atoms with Crippen molar-refractivity contribution >= 4 is 0 Å². The number of hydrogen-bond donors (Lipinski definition) is 1. The van der Waals surface area contributed by atoms with E-state index in [0.29, 0.717) is 12.3 Å². The number of aliphatic hydroxyl groups is 1. The predicted octanol–water partition coefficient (Wildman–Crippen LogP) is 1.19. The molecular formula is C10H18N2O2. The van der Waals surface area contributed by atoms with Crippen LogP contribution in [0.3, 0.4) is 0 Å². The molecular weight excluding hydrogens is 180 g/mol. The molecule has 4 nitrogen and oxygen atoms in total. The van der Waals surface area contributed by atoms with Crippen LogP contribution in [0.15, 0.2) is 12.5 Å². The van der Waals surface area contributed by atoms with Crippen molar-refractivity contribution in [3.05, 3.63) is 18.2 Å². The number of aliphatic hydroxyl groups excluding tert-OH is 1. The Morgan fingerprint density at radius 1 is 1.50 bits per heavy atom. The molecule has 0 aliphatic heterocycles. The van der Waals surface area contributed by atoms with Gasteiger partial charge in [-0.05, 0) is 20.8 Å². The summed E-state index contributed by atoms with van der Waals surface area (Å²) in [5.74, 6) is 0. The van der Waals surface area contributed by atoms with E-state index in [1.54, 1.807) is 6.33 Å². The van der Waals surface area contributed by atoms with Crippen molar-refractivity contribution in [3.63, 3.8) is 0 Å². The van der Waals surface area contributed by atoms with Crippen LogP contribution >= 0.6 is 0 Å². The Labute approximate surface area is 84.5 Å². The van der Waals surface area contributed by atoms with Gasteiger partial charge < -0.3 is 14.4 Å². The lowest BCUT2D eigenvalue weighted by Crippen LogP contribution is -2.21. The third kappa shape index (κ3) is 3.89. The number of hydrogen-bond acceptors (Lipinski definition) is 3. The minimum absolute atomic E-state index is 0.00682. The molecule has 0 unspecified atom stereocenters. The van der Waals surface area contributed by atoms with Crippen LogP contribution in [0.25, 0.3) is 0 Å². The first kappa shape index (κ1) is 11.2. The summed E-state index contributed by atoms with van der Waals surface area (Å²) in [4.78, 5) is 4.01. The smallest absolute Gasteiger partial charge is 0.0951 e. The highest BCUT2D eigenvalue weighted by Gasteiger charge is 2.09. The van der Waals surface area contributed by atoms with Gasteiger partial charge in [-0.2, -0.15) is 0 Å². The first-order chi connectivity index (χ1) is 6.51. The Morgan fingerprint density at radius 2 is 2.21 bits per heavy atom. The van der Waals surface area contributed by atoms with Crippen molar-refractivity contribution in [3.8, 4) is 0 Å². The van der Waals surface area contributed by atoms with E-state index < -0.39 is 0 Å². The van der Waals surface area contributed by atoms with Crippen LogP contribution in [0.1, 0.15) is 26.5 Å². The summed E-state index contributed by atoms with van der Waals surface area (Å²) in [5.41, 5.74) is 0.598. The lowest BCUT2D eigenvalue weighted by atomic mass is 10.2. The maximum atomic E-state index is 8.80. The molecule has 1 heterocycles. The van der Waals surface area contributed by atoms with E-state index in [1.807, 2.05) is 31.5 Å². The Hall–Kier alpha value is -0.870. The molecule has 0 bridgehead atoms. The molecule has 0 saturated carbocycles. The van der Waals surface area contributed by atoms with Crippen molar-refractivity contribution in [2.45, 2.75) is 39.5 Å². The minimum Gasteiger partial charge on any atom is -0.390 e. The summed E-state index contributed by atoms with van der Waals surface area (Å²) < 4.78 is 7.48. The molecule has 1 aromatic rings. The van der Waals surface area contributed by atoms with Crippen molar-refractivity contribution in [2.24, 2.45) is 0 Å². The van der Waals surface area contributed by atoms with Crippen molar-refractivity contribution in [1.29, 1.82) is 0 Å². The van der Waals surface area contributed by atoms with Gasteiger partial charge in [-0.3, -0.25) is 0 Å². The zero-order chi connectivity index (χ0) is 10.6. The zero-order valence-corrected chi connectivity index (χ0v) is 9.03. The van der Waals surface area contributed by atoms with Crippen LogP contribution in [-0.2, 0) is 17.9 Å². The fraction of sp³-hybridized carbons (Fsp3) is 0.700. The fourth-order valence-corrected chi connectivity index (χ4v) is 1.07. The Morgan fingerprint density at radius 3 is 2.71 bits per heavy atom. The number of imidazole rings is 1. The molecule has 0 fully saturated rings. The summed E-state index contributed by atoms with van der Waals surface area (Å²) in [5, 5.41) is 8.80. The van der Waals surface area contributed by atoms with Crippen LogP contribution in [-0.4, -0.2) is 26.9 Å². The second-order valence-corrected chi connectivity index (χ2v) is 4.22. The van der Waals surface area contributed by atoms with Crippen LogP contribution in [0.4, 0.5) is 0 Å². The Balaban J connectivity index is 2.31. The summed E-state index contributed by atoms with van der Waals surface area (Å²) in [6.07, 6.45) is 3.53. The SMILES string of the molecule is CC(C)(C)OCCn1cnc(CO)c1. The topological polar surface area (TPSA) is 47.3 Å². The average Bonchev–Trinajstić information content (AvgIpc) is 2.50. The lowest BCUT2D eigenvalue weighted by Gasteiger charge is -2.19. The maximum absolute atomic E-state index is 8.80. The third-order valence-corrected chi connectivity index (χ3v) is 1.73. The monoisotopic (exact) mass is 198 g/mol. The molecule has 0 aliphatic rings. The van der Waals surface area contributed by atoms with E-state index in [-0.39, 0.29) is 12.2 Å². The molecule has 0 aliphatic carbocycles. The van der Waals surface area contributed by atoms with Gasteiger partial charge in [0.1, 0.15) is 0 Å². The molecule has 0 aromatic carbocycles. The second kappa shape index (κ2) is 4.57. The van der Waals surface area contributed by atoms with Crippen LogP contribution in [0.2, 0.25) is 0 Å². The average molecular weight is 198 g/mol. The minimum atomic E-state index is -0.0968. The number of rotatable bonds is 4. The number of aromatic nitrogens is 2. The third-order valence-electron chi connectivity index (χ3n) is 1.73. The first-order valence-electron chi connectivity index (χ1n) is 4.77. The quantitative estimate of drug-likeness (QED) is 0.790. The standard InChI is InChI=1S/C10H18N2O2/c1-10(2,3)14-5-4-12-6-9(7-13)11-8-12/h6,8,13H,4-5,7H2,1-3H3. The highest BCUT2D eigenvalue weighted by Crippen LogP contribution is 2.06. The van der Waals surface area contributed by atoms with Gasteiger partial charge in [-0.15, -0.1) is 0 Å². The van der Waals surface area contributed by atoms with Crippen molar-refractivity contribution in [2.75, 3.05) is 6.61 Å². The summed E-state index contributed by atoms with van der Waals surface area (Å²) in [7, 11) is 0. The van der Waals surface area contributed by atoms with E-state index in [2.05, 4.69) is 4.98 Å². The van der Waals surface area contributed by atoms with Crippen LogP contribution in [0, 0.1) is 0 Å². The fourth-order valence-electron chi connectivity index (χ4n) is 1.07. The molecule has 0 radical (unpaired) electrons. The molecule has 0 atom stereocenters. The highest BCUT2D eigenvalue weighted by atomic mass is 16.5. The zero-order valence-electron chi connectivity index (χ0n) is 9.03. The summed E-state index contributed by atoms with van der Waals surface area (Å²) in [6.45, 7) is 7.50. The second-order valence-electron chi connectivity index (χ2n) is 4.22. The van der Waals surface area contributed by atoms with Crippen molar-refractivity contribution < 1.29 is 9.84 Å². The molecule has 1 rings (SSSR count). The van der Waals surface area contributed by atoms with E-state index >= 15 is 0 Å². The van der Waals surface area contributed by atoms with E-state index in [1.165, 1.54) is 0 Å². The lowest BCUT2D eigenvalue weighted by molar-refractivity contribution is -0.00684. The maximum Gasteiger partial charge on any atom is 0.0951 e. The predicted molar refractivity (Wildman–Crippen MR) is 53.9 cm³/mol. The van der Waals surface area contributed by atoms with E-state index in [4.69, 9.17) is 9.84 Å². The largest absolute Gasteiger partial charge is 0.390 e. The number of ether oxygens (including phenoxy) is 1. The van der Waals surface area contributed by atoms with Gasteiger partial charge in [0.25, 0.3) is 0 Å². The van der Waals surface area contributed by atoms with Crippen LogP contribution < -0.4 is 0 Å². The molecule has 14 heavy (non-hydrogen) atoms. The number of nitrogens with zero attached hydrogens (tertiary/aromatic N) is 2. The highest BCUT2D eigenvalue weighted by molar-refractivity contribution is 4.93. The molecule has 1 N–H and O–H groups in total. The summed E-state index contributed by atoms with van der Waals surface area (Å²) >= 11 is 0. The molecule has 4 heteroatoms.